The molecule has 4 nitrogen and oxygen atoms in total. The molecule has 0 saturated heterocycles. The van der Waals surface area contributed by atoms with Gasteiger partial charge < -0.3 is 19.3 Å². The second-order valence-corrected chi connectivity index (χ2v) is 7.13. The summed E-state index contributed by atoms with van der Waals surface area (Å²) in [5.74, 6) is 0.670. The Kier molecular flexibility index (Phi) is 3.32. The molecular formula is C18H17BrO4. The van der Waals surface area contributed by atoms with E-state index in [0.717, 1.165) is 21.3 Å². The molecule has 3 atom stereocenters. The lowest BCUT2D eigenvalue weighted by molar-refractivity contribution is -0.171. The van der Waals surface area contributed by atoms with Crippen LogP contribution in [0.1, 0.15) is 30.9 Å². The molecule has 2 aromatic rings. The van der Waals surface area contributed by atoms with Crippen molar-refractivity contribution in [3.8, 4) is 17.2 Å². The van der Waals surface area contributed by atoms with Crippen molar-refractivity contribution in [1.82, 2.24) is 0 Å². The number of fused-ring (bicyclic) bond motifs is 2. The van der Waals surface area contributed by atoms with E-state index in [9.17, 15) is 5.11 Å². The standard InChI is InChI=1S/C18H17BrO4/c1-10-17(11-3-5-12(19)6-4-11)13-7-15-16(22-9-21-15)8-14(13)23-18(10,2)20/h3-8,10,17,20H,9H2,1-2H3/t10-,17-,18+/m1/s1. The van der Waals surface area contributed by atoms with E-state index in [4.69, 9.17) is 14.2 Å². The van der Waals surface area contributed by atoms with E-state index in [1.54, 1.807) is 6.92 Å². The molecule has 0 amide bonds. The van der Waals surface area contributed by atoms with Gasteiger partial charge in [0.1, 0.15) is 5.75 Å². The van der Waals surface area contributed by atoms with Crippen molar-refractivity contribution in [3.63, 3.8) is 0 Å². The summed E-state index contributed by atoms with van der Waals surface area (Å²) in [6.45, 7) is 3.92. The van der Waals surface area contributed by atoms with Gasteiger partial charge in [0.2, 0.25) is 12.6 Å². The summed E-state index contributed by atoms with van der Waals surface area (Å²) >= 11 is 3.47. The highest BCUT2D eigenvalue weighted by atomic mass is 79.9. The maximum absolute atomic E-state index is 10.7. The first-order valence-electron chi connectivity index (χ1n) is 7.56. The van der Waals surface area contributed by atoms with Crippen molar-refractivity contribution in [2.24, 2.45) is 5.92 Å². The molecule has 0 saturated carbocycles. The molecule has 0 bridgehead atoms. The molecule has 0 unspecified atom stereocenters. The molecule has 1 N–H and O–H groups in total. The highest BCUT2D eigenvalue weighted by Crippen LogP contribution is 2.51. The van der Waals surface area contributed by atoms with Crippen LogP contribution in [-0.4, -0.2) is 17.7 Å². The number of halogens is 1. The molecular weight excluding hydrogens is 360 g/mol. The normalized spacial score (nSPS) is 28.2. The van der Waals surface area contributed by atoms with Crippen LogP contribution in [0, 0.1) is 5.92 Å². The number of ether oxygens (including phenoxy) is 3. The Hall–Kier alpha value is -1.72. The van der Waals surface area contributed by atoms with Crippen LogP contribution < -0.4 is 14.2 Å². The van der Waals surface area contributed by atoms with Gasteiger partial charge in [-0.25, -0.2) is 0 Å². The largest absolute Gasteiger partial charge is 0.462 e. The van der Waals surface area contributed by atoms with E-state index < -0.39 is 5.79 Å². The highest BCUT2D eigenvalue weighted by Gasteiger charge is 2.44. The minimum absolute atomic E-state index is 0.0105. The van der Waals surface area contributed by atoms with Gasteiger partial charge in [0.15, 0.2) is 11.5 Å². The summed E-state index contributed by atoms with van der Waals surface area (Å²) in [7, 11) is 0. The summed E-state index contributed by atoms with van der Waals surface area (Å²) in [5, 5.41) is 10.7. The predicted octanol–water partition coefficient (Wildman–Crippen LogP) is 4.05. The molecule has 4 rings (SSSR count). The van der Waals surface area contributed by atoms with Crippen molar-refractivity contribution in [2.45, 2.75) is 25.6 Å². The summed E-state index contributed by atoms with van der Waals surface area (Å²) in [4.78, 5) is 0. The lowest BCUT2D eigenvalue weighted by Crippen LogP contribution is -2.45. The zero-order valence-electron chi connectivity index (χ0n) is 12.9. The zero-order valence-corrected chi connectivity index (χ0v) is 14.5. The van der Waals surface area contributed by atoms with Crippen LogP contribution in [0.15, 0.2) is 40.9 Å². The molecule has 120 valence electrons. The van der Waals surface area contributed by atoms with Crippen LogP contribution in [0.2, 0.25) is 0 Å². The highest BCUT2D eigenvalue weighted by molar-refractivity contribution is 9.10. The summed E-state index contributed by atoms with van der Waals surface area (Å²) in [5.41, 5.74) is 2.14. The van der Waals surface area contributed by atoms with Crippen molar-refractivity contribution in [3.05, 3.63) is 52.0 Å². The number of hydrogen-bond acceptors (Lipinski definition) is 4. The molecule has 0 aliphatic carbocycles. The van der Waals surface area contributed by atoms with Gasteiger partial charge in [-0.2, -0.15) is 0 Å². The molecule has 2 heterocycles. The Labute approximate surface area is 143 Å². The fourth-order valence-electron chi connectivity index (χ4n) is 3.30. The van der Waals surface area contributed by atoms with Crippen LogP contribution in [0.3, 0.4) is 0 Å². The fraction of sp³-hybridized carbons (Fsp3) is 0.333. The van der Waals surface area contributed by atoms with E-state index in [1.165, 1.54) is 0 Å². The van der Waals surface area contributed by atoms with Crippen molar-refractivity contribution >= 4 is 15.9 Å². The minimum Gasteiger partial charge on any atom is -0.462 e. The van der Waals surface area contributed by atoms with Gasteiger partial charge in [0, 0.05) is 34.9 Å². The number of rotatable bonds is 1. The number of hydrogen-bond donors (Lipinski definition) is 1. The molecule has 0 fully saturated rings. The molecule has 0 aromatic heterocycles. The average Bonchev–Trinajstić information content (AvgIpc) is 2.95. The van der Waals surface area contributed by atoms with Crippen LogP contribution >= 0.6 is 15.9 Å². The van der Waals surface area contributed by atoms with Gasteiger partial charge in [0.05, 0.1) is 0 Å². The monoisotopic (exact) mass is 376 g/mol. The average molecular weight is 377 g/mol. The van der Waals surface area contributed by atoms with Crippen LogP contribution in [0.4, 0.5) is 0 Å². The topological polar surface area (TPSA) is 47.9 Å². The van der Waals surface area contributed by atoms with E-state index in [1.807, 2.05) is 31.2 Å². The Morgan fingerprint density at radius 1 is 1.09 bits per heavy atom. The molecule has 0 radical (unpaired) electrons. The van der Waals surface area contributed by atoms with Gasteiger partial charge in [-0.3, -0.25) is 0 Å². The third kappa shape index (κ3) is 2.39. The lowest BCUT2D eigenvalue weighted by Gasteiger charge is -2.42. The summed E-state index contributed by atoms with van der Waals surface area (Å²) < 4.78 is 17.8. The van der Waals surface area contributed by atoms with Gasteiger partial charge in [-0.05, 0) is 23.8 Å². The lowest BCUT2D eigenvalue weighted by atomic mass is 9.75. The zero-order chi connectivity index (χ0) is 16.2. The third-order valence-electron chi connectivity index (χ3n) is 4.73. The Morgan fingerprint density at radius 2 is 1.74 bits per heavy atom. The van der Waals surface area contributed by atoms with Crippen LogP contribution in [0.25, 0.3) is 0 Å². The molecule has 2 aromatic carbocycles. The van der Waals surface area contributed by atoms with E-state index in [-0.39, 0.29) is 18.6 Å². The first kappa shape index (κ1) is 14.8. The Bertz CT molecular complexity index is 754. The number of aliphatic hydroxyl groups is 1. The van der Waals surface area contributed by atoms with Gasteiger partial charge >= 0.3 is 0 Å². The molecule has 0 spiro atoms. The van der Waals surface area contributed by atoms with E-state index >= 15 is 0 Å². The fourth-order valence-corrected chi connectivity index (χ4v) is 3.57. The minimum atomic E-state index is -1.25. The quantitative estimate of drug-likeness (QED) is 0.815. The first-order valence-corrected chi connectivity index (χ1v) is 8.35. The predicted molar refractivity (Wildman–Crippen MR) is 89.0 cm³/mol. The maximum atomic E-state index is 10.7. The number of benzene rings is 2. The van der Waals surface area contributed by atoms with Gasteiger partial charge in [0.25, 0.3) is 0 Å². The van der Waals surface area contributed by atoms with Crippen molar-refractivity contribution < 1.29 is 19.3 Å². The smallest absolute Gasteiger partial charge is 0.231 e. The van der Waals surface area contributed by atoms with Gasteiger partial charge in [-0.15, -0.1) is 0 Å². The second-order valence-electron chi connectivity index (χ2n) is 6.22. The first-order chi connectivity index (χ1) is 11.0. The SMILES string of the molecule is C[C@@H]1[C@H](c2ccc(Br)cc2)c2cc3c(cc2O[C@]1(C)O)OCO3. The summed E-state index contributed by atoms with van der Waals surface area (Å²) in [6, 6.07) is 11.9. The Balaban J connectivity index is 1.89. The molecule has 23 heavy (non-hydrogen) atoms. The van der Waals surface area contributed by atoms with E-state index in [2.05, 4.69) is 28.1 Å². The molecule has 2 aliphatic heterocycles. The van der Waals surface area contributed by atoms with Crippen LogP contribution in [0.5, 0.6) is 17.2 Å². The van der Waals surface area contributed by atoms with Crippen molar-refractivity contribution in [1.29, 1.82) is 0 Å². The van der Waals surface area contributed by atoms with Crippen LogP contribution in [-0.2, 0) is 0 Å². The second kappa shape index (κ2) is 5.14. The summed E-state index contributed by atoms with van der Waals surface area (Å²) in [6.07, 6.45) is 0. The van der Waals surface area contributed by atoms with Crippen molar-refractivity contribution in [2.75, 3.05) is 6.79 Å². The molecule has 2 aliphatic rings. The Morgan fingerprint density at radius 3 is 2.43 bits per heavy atom. The third-order valence-corrected chi connectivity index (χ3v) is 5.26. The maximum Gasteiger partial charge on any atom is 0.231 e. The van der Waals surface area contributed by atoms with E-state index in [0.29, 0.717) is 11.5 Å². The van der Waals surface area contributed by atoms with Gasteiger partial charge in [-0.1, -0.05) is 35.0 Å². The molecule has 5 heteroatoms.